The van der Waals surface area contributed by atoms with Gasteiger partial charge >= 0.3 is 0 Å². The van der Waals surface area contributed by atoms with Crippen molar-refractivity contribution in [1.82, 2.24) is 4.90 Å². The van der Waals surface area contributed by atoms with E-state index in [-0.39, 0.29) is 23.3 Å². The fraction of sp³-hybridized carbons (Fsp3) is 0.538. The van der Waals surface area contributed by atoms with E-state index < -0.39 is 0 Å². The molecule has 5 nitrogen and oxygen atoms in total. The van der Waals surface area contributed by atoms with Gasteiger partial charge in [-0.05, 0) is 31.9 Å². The monoisotopic (exact) mass is 250 g/mol. The number of benzene rings is 1. The van der Waals surface area contributed by atoms with E-state index in [0.717, 1.165) is 30.5 Å². The van der Waals surface area contributed by atoms with E-state index in [1.54, 1.807) is 13.0 Å². The Labute approximate surface area is 106 Å². The van der Waals surface area contributed by atoms with Crippen molar-refractivity contribution >= 4 is 5.69 Å². The Morgan fingerprint density at radius 3 is 3.00 bits per heavy atom. The molecule has 5 heteroatoms. The lowest BCUT2D eigenvalue weighted by Crippen LogP contribution is -2.31. The molecule has 18 heavy (non-hydrogen) atoms. The largest absolute Gasteiger partial charge is 0.395 e. The van der Waals surface area contributed by atoms with Crippen LogP contribution in [0.3, 0.4) is 0 Å². The van der Waals surface area contributed by atoms with E-state index in [0.29, 0.717) is 6.54 Å². The van der Waals surface area contributed by atoms with Gasteiger partial charge in [0.1, 0.15) is 0 Å². The van der Waals surface area contributed by atoms with Crippen molar-refractivity contribution in [2.75, 3.05) is 13.2 Å². The zero-order chi connectivity index (χ0) is 13.1. The van der Waals surface area contributed by atoms with Crippen LogP contribution in [-0.4, -0.2) is 34.1 Å². The van der Waals surface area contributed by atoms with Gasteiger partial charge in [-0.25, -0.2) is 0 Å². The highest BCUT2D eigenvalue weighted by molar-refractivity contribution is 5.44. The quantitative estimate of drug-likeness (QED) is 0.654. The highest BCUT2D eigenvalue weighted by Gasteiger charge is 2.25. The molecule has 0 radical (unpaired) electrons. The summed E-state index contributed by atoms with van der Waals surface area (Å²) in [7, 11) is 0. The molecule has 1 fully saturated rings. The summed E-state index contributed by atoms with van der Waals surface area (Å²) in [5.41, 5.74) is 1.88. The van der Waals surface area contributed by atoms with Crippen LogP contribution in [0.2, 0.25) is 0 Å². The summed E-state index contributed by atoms with van der Waals surface area (Å²) >= 11 is 0. The van der Waals surface area contributed by atoms with Crippen molar-refractivity contribution in [3.63, 3.8) is 0 Å². The fourth-order valence-electron chi connectivity index (χ4n) is 2.57. The van der Waals surface area contributed by atoms with Crippen LogP contribution in [-0.2, 0) is 6.54 Å². The second-order valence-electron chi connectivity index (χ2n) is 4.77. The predicted octanol–water partition coefficient (Wildman–Crippen LogP) is 1.86. The third-order valence-electron chi connectivity index (χ3n) is 3.70. The summed E-state index contributed by atoms with van der Waals surface area (Å²) < 4.78 is 0. The Kier molecular flexibility index (Phi) is 3.93. The average molecular weight is 250 g/mol. The number of rotatable bonds is 4. The zero-order valence-electron chi connectivity index (χ0n) is 10.5. The molecule has 1 heterocycles. The smallest absolute Gasteiger partial charge is 0.272 e. The van der Waals surface area contributed by atoms with Crippen molar-refractivity contribution < 1.29 is 10.0 Å². The lowest BCUT2D eigenvalue weighted by Gasteiger charge is -2.23. The lowest BCUT2D eigenvalue weighted by atomic mass is 10.1. The van der Waals surface area contributed by atoms with Crippen molar-refractivity contribution in [2.45, 2.75) is 32.4 Å². The first-order valence-corrected chi connectivity index (χ1v) is 6.21. The van der Waals surface area contributed by atoms with Crippen LogP contribution in [0.1, 0.15) is 24.0 Å². The molecule has 1 atom stereocenters. The van der Waals surface area contributed by atoms with Crippen molar-refractivity contribution in [3.8, 4) is 0 Å². The molecule has 98 valence electrons. The Balaban J connectivity index is 2.19. The van der Waals surface area contributed by atoms with Gasteiger partial charge in [0.25, 0.3) is 5.69 Å². The van der Waals surface area contributed by atoms with Gasteiger partial charge < -0.3 is 5.11 Å². The number of likely N-dealkylation sites (tertiary alicyclic amines) is 1. The van der Waals surface area contributed by atoms with E-state index in [9.17, 15) is 15.2 Å². The van der Waals surface area contributed by atoms with Gasteiger partial charge in [0, 0.05) is 24.2 Å². The molecule has 0 bridgehead atoms. The molecule has 0 aliphatic carbocycles. The number of nitro groups is 1. The number of nitro benzene ring substituents is 1. The number of aliphatic hydroxyl groups is 1. The summed E-state index contributed by atoms with van der Waals surface area (Å²) in [6.45, 7) is 3.58. The first-order chi connectivity index (χ1) is 8.63. The molecule has 1 aliphatic rings. The topological polar surface area (TPSA) is 66.6 Å². The van der Waals surface area contributed by atoms with Crippen LogP contribution in [0.25, 0.3) is 0 Å². The summed E-state index contributed by atoms with van der Waals surface area (Å²) in [5.74, 6) is 0. The maximum absolute atomic E-state index is 10.9. The van der Waals surface area contributed by atoms with Crippen LogP contribution in [0.5, 0.6) is 0 Å². The second kappa shape index (κ2) is 5.46. The summed E-state index contributed by atoms with van der Waals surface area (Å²) in [6.07, 6.45) is 2.09. The maximum Gasteiger partial charge on any atom is 0.272 e. The van der Waals surface area contributed by atoms with Gasteiger partial charge in [0.15, 0.2) is 0 Å². The molecular formula is C13H18N2O3. The van der Waals surface area contributed by atoms with E-state index in [1.807, 2.05) is 6.07 Å². The minimum absolute atomic E-state index is 0.161. The minimum Gasteiger partial charge on any atom is -0.395 e. The molecule has 0 aromatic heterocycles. The molecule has 1 aliphatic heterocycles. The molecule has 1 N–H and O–H groups in total. The zero-order valence-corrected chi connectivity index (χ0v) is 10.5. The molecule has 0 spiro atoms. The Morgan fingerprint density at radius 2 is 2.33 bits per heavy atom. The maximum atomic E-state index is 10.9. The van der Waals surface area contributed by atoms with E-state index in [1.165, 1.54) is 6.07 Å². The lowest BCUT2D eigenvalue weighted by molar-refractivity contribution is -0.385. The normalized spacial score (nSPS) is 20.2. The standard InChI is InChI=1S/C13H18N2O3/c1-10-11(4-2-6-13(10)15(17)18)8-14-7-3-5-12(14)9-16/h2,4,6,12,16H,3,5,7-9H2,1H3. The summed E-state index contributed by atoms with van der Waals surface area (Å²) in [5, 5.41) is 20.2. The first-order valence-electron chi connectivity index (χ1n) is 6.21. The molecule has 1 aromatic carbocycles. The molecule has 1 aromatic rings. The number of aliphatic hydroxyl groups excluding tert-OH is 1. The van der Waals surface area contributed by atoms with E-state index in [4.69, 9.17) is 0 Å². The average Bonchev–Trinajstić information content (AvgIpc) is 2.78. The number of nitrogens with zero attached hydrogens (tertiary/aromatic N) is 2. The Hall–Kier alpha value is -1.46. The van der Waals surface area contributed by atoms with Crippen molar-refractivity contribution in [1.29, 1.82) is 0 Å². The Morgan fingerprint density at radius 1 is 1.56 bits per heavy atom. The first kappa shape index (κ1) is 13.0. The molecule has 0 saturated carbocycles. The predicted molar refractivity (Wildman–Crippen MR) is 68.4 cm³/mol. The summed E-state index contributed by atoms with van der Waals surface area (Å²) in [4.78, 5) is 12.7. The van der Waals surface area contributed by atoms with Crippen LogP contribution < -0.4 is 0 Å². The molecule has 0 amide bonds. The molecular weight excluding hydrogens is 232 g/mol. The van der Waals surface area contributed by atoms with Crippen molar-refractivity contribution in [3.05, 3.63) is 39.4 Å². The van der Waals surface area contributed by atoms with E-state index in [2.05, 4.69) is 4.90 Å². The summed E-state index contributed by atoms with van der Waals surface area (Å²) in [6, 6.07) is 5.38. The van der Waals surface area contributed by atoms with Crippen LogP contribution >= 0.6 is 0 Å². The Bertz CT molecular complexity index is 448. The number of hydrogen-bond donors (Lipinski definition) is 1. The van der Waals surface area contributed by atoms with Gasteiger partial charge in [-0.2, -0.15) is 0 Å². The molecule has 2 rings (SSSR count). The van der Waals surface area contributed by atoms with Crippen LogP contribution in [0, 0.1) is 17.0 Å². The third-order valence-corrected chi connectivity index (χ3v) is 3.70. The van der Waals surface area contributed by atoms with Gasteiger partial charge in [0.2, 0.25) is 0 Å². The van der Waals surface area contributed by atoms with Gasteiger partial charge in [-0.3, -0.25) is 15.0 Å². The van der Waals surface area contributed by atoms with Gasteiger partial charge in [0.05, 0.1) is 11.5 Å². The minimum atomic E-state index is -0.341. The van der Waals surface area contributed by atoms with Gasteiger partial charge in [-0.1, -0.05) is 12.1 Å². The SMILES string of the molecule is Cc1c(CN2CCCC2CO)cccc1[N+](=O)[O-]. The molecule has 1 unspecified atom stereocenters. The van der Waals surface area contributed by atoms with Crippen LogP contribution in [0.15, 0.2) is 18.2 Å². The fourth-order valence-corrected chi connectivity index (χ4v) is 2.57. The highest BCUT2D eigenvalue weighted by Crippen LogP contribution is 2.25. The highest BCUT2D eigenvalue weighted by atomic mass is 16.6. The number of hydrogen-bond acceptors (Lipinski definition) is 4. The van der Waals surface area contributed by atoms with E-state index >= 15 is 0 Å². The molecule has 1 saturated heterocycles. The van der Waals surface area contributed by atoms with Gasteiger partial charge in [-0.15, -0.1) is 0 Å². The second-order valence-corrected chi connectivity index (χ2v) is 4.77. The third kappa shape index (κ3) is 2.52. The van der Waals surface area contributed by atoms with Crippen LogP contribution in [0.4, 0.5) is 5.69 Å². The van der Waals surface area contributed by atoms with Crippen molar-refractivity contribution in [2.24, 2.45) is 0 Å².